The van der Waals surface area contributed by atoms with E-state index in [9.17, 15) is 5.11 Å². The first-order valence-corrected chi connectivity index (χ1v) is 9.37. The van der Waals surface area contributed by atoms with Crippen LogP contribution < -0.4 is 4.90 Å². The SMILES string of the molecule is Cc1cccc(N2CCN(Cc3c(O)ccc4ccccc34)C[C@@H]2C)c1. The van der Waals surface area contributed by atoms with Crippen LogP contribution in [0.5, 0.6) is 5.75 Å². The van der Waals surface area contributed by atoms with Crippen LogP contribution in [0.25, 0.3) is 10.8 Å². The molecule has 3 aromatic carbocycles. The summed E-state index contributed by atoms with van der Waals surface area (Å²) in [6.45, 7) is 8.23. The first kappa shape index (κ1) is 16.9. The maximum absolute atomic E-state index is 10.4. The Bertz CT molecular complexity index is 921. The first-order chi connectivity index (χ1) is 12.6. The van der Waals surface area contributed by atoms with E-state index in [2.05, 4.69) is 60.0 Å². The molecule has 0 unspecified atom stereocenters. The molecule has 0 spiro atoms. The van der Waals surface area contributed by atoms with Crippen LogP contribution >= 0.6 is 0 Å². The van der Waals surface area contributed by atoms with Gasteiger partial charge < -0.3 is 10.0 Å². The van der Waals surface area contributed by atoms with E-state index < -0.39 is 0 Å². The molecule has 3 aromatic rings. The minimum atomic E-state index is 0.400. The Labute approximate surface area is 155 Å². The van der Waals surface area contributed by atoms with E-state index in [1.165, 1.54) is 16.6 Å². The van der Waals surface area contributed by atoms with Gasteiger partial charge in [-0.2, -0.15) is 0 Å². The number of aromatic hydroxyl groups is 1. The summed E-state index contributed by atoms with van der Waals surface area (Å²) in [5.74, 6) is 0.400. The van der Waals surface area contributed by atoms with Gasteiger partial charge in [-0.25, -0.2) is 0 Å². The smallest absolute Gasteiger partial charge is 0.120 e. The van der Waals surface area contributed by atoms with Crippen molar-refractivity contribution in [3.8, 4) is 5.75 Å². The minimum absolute atomic E-state index is 0.400. The van der Waals surface area contributed by atoms with Gasteiger partial charge in [-0.15, -0.1) is 0 Å². The summed E-state index contributed by atoms with van der Waals surface area (Å²) in [6.07, 6.45) is 0. The number of hydrogen-bond donors (Lipinski definition) is 1. The molecule has 1 atom stereocenters. The van der Waals surface area contributed by atoms with Crippen molar-refractivity contribution in [2.75, 3.05) is 24.5 Å². The van der Waals surface area contributed by atoms with Crippen LogP contribution in [0.2, 0.25) is 0 Å². The Morgan fingerprint density at radius 2 is 1.85 bits per heavy atom. The first-order valence-electron chi connectivity index (χ1n) is 9.37. The van der Waals surface area contributed by atoms with Crippen LogP contribution in [0.3, 0.4) is 0 Å². The molecule has 1 saturated heterocycles. The van der Waals surface area contributed by atoms with Crippen LogP contribution in [0.15, 0.2) is 60.7 Å². The van der Waals surface area contributed by atoms with Crippen molar-refractivity contribution < 1.29 is 5.11 Å². The van der Waals surface area contributed by atoms with E-state index in [1.807, 2.05) is 24.3 Å². The Morgan fingerprint density at radius 3 is 2.65 bits per heavy atom. The largest absolute Gasteiger partial charge is 0.508 e. The highest BCUT2D eigenvalue weighted by Crippen LogP contribution is 2.29. The number of fused-ring (bicyclic) bond motifs is 1. The fourth-order valence-electron chi connectivity index (χ4n) is 4.08. The molecular weight excluding hydrogens is 320 g/mol. The zero-order valence-corrected chi connectivity index (χ0v) is 15.5. The van der Waals surface area contributed by atoms with Gasteiger partial charge >= 0.3 is 0 Å². The molecule has 3 heteroatoms. The number of phenolic OH excluding ortho intramolecular Hbond substituents is 1. The second kappa shape index (κ2) is 7.00. The van der Waals surface area contributed by atoms with E-state index >= 15 is 0 Å². The standard InChI is InChI=1S/C23H26N2O/c1-17-6-5-8-20(14-17)25-13-12-24(15-18(25)2)16-22-21-9-4-3-7-19(21)10-11-23(22)26/h3-11,14,18,26H,12-13,15-16H2,1-2H3/t18-/m0/s1. The Morgan fingerprint density at radius 1 is 1.00 bits per heavy atom. The minimum Gasteiger partial charge on any atom is -0.508 e. The predicted octanol–water partition coefficient (Wildman–Crippen LogP) is 4.56. The molecule has 3 nitrogen and oxygen atoms in total. The van der Waals surface area contributed by atoms with E-state index in [0.29, 0.717) is 11.8 Å². The lowest BCUT2D eigenvalue weighted by Gasteiger charge is -2.41. The van der Waals surface area contributed by atoms with Crippen LogP contribution in [0.1, 0.15) is 18.1 Å². The van der Waals surface area contributed by atoms with Gasteiger partial charge in [0.05, 0.1) is 0 Å². The lowest BCUT2D eigenvalue weighted by Crippen LogP contribution is -2.51. The molecular formula is C23H26N2O. The molecule has 1 N–H and O–H groups in total. The molecule has 1 heterocycles. The highest BCUT2D eigenvalue weighted by Gasteiger charge is 2.25. The Hall–Kier alpha value is -2.52. The van der Waals surface area contributed by atoms with E-state index in [1.54, 1.807) is 0 Å². The fourth-order valence-corrected chi connectivity index (χ4v) is 4.08. The number of nitrogens with zero attached hydrogens (tertiary/aromatic N) is 2. The zero-order valence-electron chi connectivity index (χ0n) is 15.5. The number of rotatable bonds is 3. The van der Waals surface area contributed by atoms with E-state index in [-0.39, 0.29) is 0 Å². The normalized spacial score (nSPS) is 18.4. The monoisotopic (exact) mass is 346 g/mol. The van der Waals surface area contributed by atoms with E-state index in [4.69, 9.17) is 0 Å². The summed E-state index contributed by atoms with van der Waals surface area (Å²) in [4.78, 5) is 4.95. The Kier molecular flexibility index (Phi) is 4.56. The van der Waals surface area contributed by atoms with Gasteiger partial charge in [-0.3, -0.25) is 4.90 Å². The summed E-state index contributed by atoms with van der Waals surface area (Å²) in [5, 5.41) is 12.8. The fraction of sp³-hybridized carbons (Fsp3) is 0.304. The molecule has 1 fully saturated rings. The van der Waals surface area contributed by atoms with Crippen LogP contribution in [-0.2, 0) is 6.54 Å². The summed E-state index contributed by atoms with van der Waals surface area (Å²) in [7, 11) is 0. The van der Waals surface area contributed by atoms with Gasteiger partial charge in [0.25, 0.3) is 0 Å². The molecule has 26 heavy (non-hydrogen) atoms. The number of hydrogen-bond acceptors (Lipinski definition) is 3. The van der Waals surface area contributed by atoms with Gasteiger partial charge in [-0.1, -0.05) is 42.5 Å². The van der Waals surface area contributed by atoms with Crippen molar-refractivity contribution >= 4 is 16.5 Å². The summed E-state index contributed by atoms with van der Waals surface area (Å²) in [5.41, 5.74) is 3.65. The van der Waals surface area contributed by atoms with Gasteiger partial charge in [0.1, 0.15) is 5.75 Å². The lowest BCUT2D eigenvalue weighted by atomic mass is 10.0. The third-order valence-electron chi connectivity index (χ3n) is 5.44. The molecule has 0 aliphatic carbocycles. The maximum atomic E-state index is 10.4. The second-order valence-electron chi connectivity index (χ2n) is 7.40. The number of benzene rings is 3. The van der Waals surface area contributed by atoms with Gasteiger partial charge in [-0.05, 0) is 48.4 Å². The molecule has 134 valence electrons. The average Bonchev–Trinajstić information content (AvgIpc) is 2.64. The van der Waals surface area contributed by atoms with Crippen molar-refractivity contribution in [1.82, 2.24) is 4.90 Å². The molecule has 0 aromatic heterocycles. The summed E-state index contributed by atoms with van der Waals surface area (Å²) in [6, 6.07) is 21.3. The number of aryl methyl sites for hydroxylation is 1. The maximum Gasteiger partial charge on any atom is 0.120 e. The van der Waals surface area contributed by atoms with E-state index in [0.717, 1.165) is 37.1 Å². The van der Waals surface area contributed by atoms with Crippen molar-refractivity contribution in [1.29, 1.82) is 0 Å². The molecule has 0 amide bonds. The van der Waals surface area contributed by atoms with Crippen LogP contribution in [-0.4, -0.2) is 35.7 Å². The number of piperazine rings is 1. The zero-order chi connectivity index (χ0) is 18.1. The van der Waals surface area contributed by atoms with Gasteiger partial charge in [0.2, 0.25) is 0 Å². The molecule has 0 radical (unpaired) electrons. The lowest BCUT2D eigenvalue weighted by molar-refractivity contribution is 0.219. The number of anilines is 1. The summed E-state index contributed by atoms with van der Waals surface area (Å²) >= 11 is 0. The molecule has 4 rings (SSSR count). The Balaban J connectivity index is 1.53. The molecule has 0 saturated carbocycles. The van der Waals surface area contributed by atoms with Crippen LogP contribution in [0.4, 0.5) is 5.69 Å². The van der Waals surface area contributed by atoms with Crippen LogP contribution in [0, 0.1) is 6.92 Å². The summed E-state index contributed by atoms with van der Waals surface area (Å²) < 4.78 is 0. The predicted molar refractivity (Wildman–Crippen MR) is 109 cm³/mol. The molecule has 0 bridgehead atoms. The van der Waals surface area contributed by atoms with Crippen molar-refractivity contribution in [2.45, 2.75) is 26.4 Å². The second-order valence-corrected chi connectivity index (χ2v) is 7.40. The third kappa shape index (κ3) is 3.27. The van der Waals surface area contributed by atoms with Gasteiger partial charge in [0.15, 0.2) is 0 Å². The highest BCUT2D eigenvalue weighted by atomic mass is 16.3. The quantitative estimate of drug-likeness (QED) is 0.753. The number of phenols is 1. The van der Waals surface area contributed by atoms with Crippen molar-refractivity contribution in [2.24, 2.45) is 0 Å². The topological polar surface area (TPSA) is 26.7 Å². The van der Waals surface area contributed by atoms with Crippen molar-refractivity contribution in [3.63, 3.8) is 0 Å². The highest BCUT2D eigenvalue weighted by molar-refractivity contribution is 5.87. The molecule has 1 aliphatic heterocycles. The molecule has 1 aliphatic rings. The third-order valence-corrected chi connectivity index (χ3v) is 5.44. The van der Waals surface area contributed by atoms with Gasteiger partial charge in [0, 0.05) is 43.5 Å². The van der Waals surface area contributed by atoms with Crippen molar-refractivity contribution in [3.05, 3.63) is 71.8 Å². The average molecular weight is 346 g/mol.